The van der Waals surface area contributed by atoms with Crippen molar-refractivity contribution in [1.29, 1.82) is 0 Å². The molecule has 0 atom stereocenters. The van der Waals surface area contributed by atoms with Crippen LogP contribution >= 0.6 is 0 Å². The third kappa shape index (κ3) is 251. The summed E-state index contributed by atoms with van der Waals surface area (Å²) in [4.78, 5) is 0. The van der Waals surface area contributed by atoms with Crippen LogP contribution in [0.1, 0.15) is 0 Å². The molecule has 0 saturated carbocycles. The van der Waals surface area contributed by atoms with Crippen molar-refractivity contribution >= 4 is 34.6 Å². The van der Waals surface area contributed by atoms with Crippen molar-refractivity contribution in [3.05, 3.63) is 0 Å². The van der Waals surface area contributed by atoms with E-state index in [0.717, 1.165) is 0 Å². The molecule has 0 amide bonds. The van der Waals surface area contributed by atoms with Crippen LogP contribution in [0.3, 0.4) is 0 Å². The number of hydrogen-bond acceptors (Lipinski definition) is 3. The molecule has 2 radical (unpaired) electrons. The summed E-state index contributed by atoms with van der Waals surface area (Å²) in [5, 5.41) is 21.5. The normalized spacial score (nSPS) is 3.86. The summed E-state index contributed by atoms with van der Waals surface area (Å²) in [6.45, 7) is 0. The van der Waals surface area contributed by atoms with Gasteiger partial charge in [-0.3, -0.25) is 0 Å². The SMILES string of the molecule is O.O.OB(O)O.[PbH2]. The van der Waals surface area contributed by atoms with Gasteiger partial charge in [0.2, 0.25) is 0 Å². The molecule has 0 saturated heterocycles. The van der Waals surface area contributed by atoms with Crippen molar-refractivity contribution in [1.82, 2.24) is 0 Å². The van der Waals surface area contributed by atoms with Crippen LogP contribution < -0.4 is 0 Å². The Morgan fingerprint density at radius 1 is 0.857 bits per heavy atom. The topological polar surface area (TPSA) is 124 Å². The number of hydrogen-bond donors (Lipinski definition) is 3. The van der Waals surface area contributed by atoms with Gasteiger partial charge in [-0.15, -0.1) is 0 Å². The van der Waals surface area contributed by atoms with Crippen LogP contribution in [0.2, 0.25) is 0 Å². The Labute approximate surface area is 60.9 Å². The molecule has 5 nitrogen and oxygen atoms in total. The second-order valence-electron chi connectivity index (χ2n) is 0.346. The maximum absolute atomic E-state index is 7.17. The average Bonchev–Trinajstić information content (AvgIpc) is 0.811. The van der Waals surface area contributed by atoms with E-state index in [1.165, 1.54) is 0 Å². The molecule has 7 N–H and O–H groups in total. The summed E-state index contributed by atoms with van der Waals surface area (Å²) >= 11 is 0. The molecule has 0 aliphatic rings. The molecule has 7 heteroatoms. The summed E-state index contributed by atoms with van der Waals surface area (Å²) in [5.74, 6) is 0. The van der Waals surface area contributed by atoms with Gasteiger partial charge in [0, 0.05) is 0 Å². The molecular weight excluding hydrogens is 298 g/mol. The van der Waals surface area contributed by atoms with Crippen LogP contribution in [0.5, 0.6) is 0 Å². The summed E-state index contributed by atoms with van der Waals surface area (Å²) in [7, 11) is -2.17. The van der Waals surface area contributed by atoms with Crippen LogP contribution in [0, 0.1) is 0 Å². The second-order valence-corrected chi connectivity index (χ2v) is 0.346. The molecule has 0 aliphatic heterocycles. The van der Waals surface area contributed by atoms with E-state index in [4.69, 9.17) is 15.1 Å². The molecule has 0 aromatic rings. The third-order valence-electron chi connectivity index (χ3n) is 0. The first-order valence-corrected chi connectivity index (χ1v) is 0.775. The van der Waals surface area contributed by atoms with E-state index in [9.17, 15) is 0 Å². The Balaban J connectivity index is -0.0000000150. The molecule has 0 rings (SSSR count). The van der Waals surface area contributed by atoms with E-state index in [1.54, 1.807) is 0 Å². The van der Waals surface area contributed by atoms with Gasteiger partial charge in [0.1, 0.15) is 0 Å². The molecular formula is H9BO5Pb. The fraction of sp³-hybridized carbons (Fsp3) is 0. The molecule has 0 spiro atoms. The first-order valence-electron chi connectivity index (χ1n) is 0.775. The predicted octanol–water partition coefficient (Wildman–Crippen LogP) is -4.62. The summed E-state index contributed by atoms with van der Waals surface area (Å²) in [5.41, 5.74) is 0. The van der Waals surface area contributed by atoms with Gasteiger partial charge in [-0.2, -0.15) is 0 Å². The Morgan fingerprint density at radius 3 is 0.857 bits per heavy atom. The molecule has 0 fully saturated rings. The Hall–Kier alpha value is 0.787. The summed E-state index contributed by atoms with van der Waals surface area (Å²) in [6.07, 6.45) is 0. The Morgan fingerprint density at radius 2 is 0.857 bits per heavy atom. The average molecular weight is 307 g/mol. The van der Waals surface area contributed by atoms with E-state index >= 15 is 0 Å². The Kier molecular flexibility index (Phi) is 56.6. The fourth-order valence-corrected chi connectivity index (χ4v) is 0. The molecule has 0 aromatic carbocycles. The van der Waals surface area contributed by atoms with Crippen LogP contribution in [0.15, 0.2) is 0 Å². The van der Waals surface area contributed by atoms with Gasteiger partial charge in [0.05, 0.1) is 0 Å². The van der Waals surface area contributed by atoms with E-state index in [1.807, 2.05) is 0 Å². The molecule has 0 heterocycles. The summed E-state index contributed by atoms with van der Waals surface area (Å²) in [6, 6.07) is 0. The van der Waals surface area contributed by atoms with E-state index < -0.39 is 7.32 Å². The van der Waals surface area contributed by atoms with Crippen molar-refractivity contribution in [3.8, 4) is 0 Å². The standard InChI is InChI=1S/BH3O3.2H2O.Pb.2H/c2-1(3)4;;;;;/h2-4H;2*1H2;;;. The van der Waals surface area contributed by atoms with Gasteiger partial charge in [-0.05, 0) is 0 Å². The van der Waals surface area contributed by atoms with Crippen molar-refractivity contribution in [3.63, 3.8) is 0 Å². The van der Waals surface area contributed by atoms with E-state index in [2.05, 4.69) is 0 Å². The van der Waals surface area contributed by atoms with Crippen LogP contribution in [-0.2, 0) is 0 Å². The van der Waals surface area contributed by atoms with Crippen LogP contribution in [0.25, 0.3) is 0 Å². The number of rotatable bonds is 0. The van der Waals surface area contributed by atoms with Gasteiger partial charge < -0.3 is 26.0 Å². The van der Waals surface area contributed by atoms with Crippen LogP contribution in [0.4, 0.5) is 0 Å². The molecule has 0 bridgehead atoms. The minimum absolute atomic E-state index is 0. The summed E-state index contributed by atoms with van der Waals surface area (Å²) < 4.78 is 0. The monoisotopic (exact) mass is 308 g/mol. The van der Waals surface area contributed by atoms with Gasteiger partial charge in [0.25, 0.3) is 0 Å². The second kappa shape index (κ2) is 15.8. The van der Waals surface area contributed by atoms with Crippen LogP contribution in [-0.4, -0.2) is 60.6 Å². The van der Waals surface area contributed by atoms with Gasteiger partial charge in [-0.25, -0.2) is 0 Å². The van der Waals surface area contributed by atoms with E-state index in [-0.39, 0.29) is 38.3 Å². The molecule has 0 aliphatic carbocycles. The zero-order valence-corrected chi connectivity index (χ0v) is 9.12. The van der Waals surface area contributed by atoms with Crippen molar-refractivity contribution in [2.24, 2.45) is 0 Å². The van der Waals surface area contributed by atoms with E-state index in [0.29, 0.717) is 0 Å². The van der Waals surface area contributed by atoms with Gasteiger partial charge >= 0.3 is 34.6 Å². The first-order chi connectivity index (χ1) is 1.73. The fourth-order valence-electron chi connectivity index (χ4n) is 0. The molecule has 7 heavy (non-hydrogen) atoms. The molecule has 0 unspecified atom stereocenters. The zero-order chi connectivity index (χ0) is 3.58. The third-order valence-corrected chi connectivity index (χ3v) is 0. The van der Waals surface area contributed by atoms with Gasteiger partial charge in [0.15, 0.2) is 0 Å². The quantitative estimate of drug-likeness (QED) is 0.390. The predicted molar refractivity (Wildman–Crippen MR) is 28.2 cm³/mol. The van der Waals surface area contributed by atoms with Crippen molar-refractivity contribution in [2.75, 3.05) is 0 Å². The maximum atomic E-state index is 7.17. The van der Waals surface area contributed by atoms with Gasteiger partial charge in [-0.1, -0.05) is 0 Å². The molecule has 46 valence electrons. The zero-order valence-electron chi connectivity index (χ0n) is 3.63. The Bertz CT molecular complexity index is 12.8. The minimum atomic E-state index is -2.17. The first kappa shape index (κ1) is 25.0. The van der Waals surface area contributed by atoms with Crippen molar-refractivity contribution in [2.45, 2.75) is 0 Å². The van der Waals surface area contributed by atoms with Crippen molar-refractivity contribution < 1.29 is 26.0 Å². The molecule has 0 aromatic heterocycles.